The summed E-state index contributed by atoms with van der Waals surface area (Å²) >= 11 is 0. The molecule has 1 saturated heterocycles. The van der Waals surface area contributed by atoms with Crippen LogP contribution < -0.4 is 10.2 Å². The van der Waals surface area contributed by atoms with Crippen LogP contribution in [-0.2, 0) is 24.2 Å². The largest absolute Gasteiger partial charge is 0.376 e. The minimum atomic E-state index is -0.191. The van der Waals surface area contributed by atoms with Gasteiger partial charge in [-0.3, -0.25) is 4.79 Å². The topological polar surface area (TPSA) is 93.4 Å². The molecule has 2 aromatic rings. The Bertz CT molecular complexity index is 791. The van der Waals surface area contributed by atoms with E-state index in [9.17, 15) is 4.79 Å². The second-order valence-corrected chi connectivity index (χ2v) is 6.74. The van der Waals surface area contributed by atoms with Gasteiger partial charge in [-0.05, 0) is 12.8 Å². The summed E-state index contributed by atoms with van der Waals surface area (Å²) in [6.45, 7) is 4.85. The van der Waals surface area contributed by atoms with E-state index in [0.29, 0.717) is 31.2 Å². The maximum atomic E-state index is 12.4. The second kappa shape index (κ2) is 7.41. The van der Waals surface area contributed by atoms with Crippen LogP contribution in [0.15, 0.2) is 16.8 Å². The first-order valence-corrected chi connectivity index (χ1v) is 9.17. The SMILES string of the molecule is CCc1cc(C(=O)N[C@H]2CCCN(c3ncc4c(n3)CCOC4)C2)no1. The first-order valence-electron chi connectivity index (χ1n) is 9.17. The molecule has 138 valence electrons. The van der Waals surface area contributed by atoms with E-state index in [0.717, 1.165) is 49.4 Å². The highest BCUT2D eigenvalue weighted by Crippen LogP contribution is 2.20. The molecular weight excluding hydrogens is 334 g/mol. The van der Waals surface area contributed by atoms with Crippen LogP contribution in [0.2, 0.25) is 0 Å². The van der Waals surface area contributed by atoms with Gasteiger partial charge in [-0.1, -0.05) is 12.1 Å². The molecule has 2 aromatic heterocycles. The van der Waals surface area contributed by atoms with Crippen LogP contribution in [0.25, 0.3) is 0 Å². The molecule has 0 spiro atoms. The fourth-order valence-corrected chi connectivity index (χ4v) is 3.39. The standard InChI is InChI=1S/C18H23N5O3/c1-2-14-8-16(22-26-14)17(24)20-13-4-3-6-23(10-13)18-19-9-12-11-25-7-5-15(12)21-18/h8-9,13H,2-7,10-11H2,1H3,(H,20,24)/t13-/m0/s1. The molecule has 0 radical (unpaired) electrons. The number of nitrogens with one attached hydrogen (secondary N) is 1. The van der Waals surface area contributed by atoms with Gasteiger partial charge in [-0.15, -0.1) is 0 Å². The maximum absolute atomic E-state index is 12.4. The number of nitrogens with zero attached hydrogens (tertiary/aromatic N) is 4. The monoisotopic (exact) mass is 357 g/mol. The molecule has 0 bridgehead atoms. The highest BCUT2D eigenvalue weighted by atomic mass is 16.5. The van der Waals surface area contributed by atoms with Crippen molar-refractivity contribution in [3.63, 3.8) is 0 Å². The number of rotatable bonds is 4. The van der Waals surface area contributed by atoms with Gasteiger partial charge in [-0.25, -0.2) is 9.97 Å². The lowest BCUT2D eigenvalue weighted by Crippen LogP contribution is -2.48. The fraction of sp³-hybridized carbons (Fsp3) is 0.556. The van der Waals surface area contributed by atoms with Gasteiger partial charge in [0.15, 0.2) is 5.69 Å². The molecule has 4 rings (SSSR count). The predicted octanol–water partition coefficient (Wildman–Crippen LogP) is 1.50. The van der Waals surface area contributed by atoms with Crippen molar-refractivity contribution in [2.45, 2.75) is 45.3 Å². The van der Waals surface area contributed by atoms with Crippen LogP contribution in [0.1, 0.15) is 47.3 Å². The molecule has 8 heteroatoms. The van der Waals surface area contributed by atoms with E-state index in [1.54, 1.807) is 6.07 Å². The smallest absolute Gasteiger partial charge is 0.273 e. The molecule has 2 aliphatic rings. The number of amides is 1. The van der Waals surface area contributed by atoms with Gasteiger partial charge >= 0.3 is 0 Å². The van der Waals surface area contributed by atoms with Crippen LogP contribution >= 0.6 is 0 Å². The van der Waals surface area contributed by atoms with Crippen molar-refractivity contribution in [2.75, 3.05) is 24.6 Å². The van der Waals surface area contributed by atoms with Crippen molar-refractivity contribution < 1.29 is 14.1 Å². The predicted molar refractivity (Wildman–Crippen MR) is 94.0 cm³/mol. The number of ether oxygens (including phenoxy) is 1. The van der Waals surface area contributed by atoms with Crippen molar-refractivity contribution >= 4 is 11.9 Å². The molecule has 4 heterocycles. The van der Waals surface area contributed by atoms with E-state index in [2.05, 4.69) is 20.4 Å². The summed E-state index contributed by atoms with van der Waals surface area (Å²) < 4.78 is 10.6. The third-order valence-corrected chi connectivity index (χ3v) is 4.86. The summed E-state index contributed by atoms with van der Waals surface area (Å²) in [5, 5.41) is 6.90. The van der Waals surface area contributed by atoms with Gasteiger partial charge < -0.3 is 19.5 Å². The molecular formula is C18H23N5O3. The lowest BCUT2D eigenvalue weighted by atomic mass is 10.1. The Labute approximate surface area is 151 Å². The lowest BCUT2D eigenvalue weighted by molar-refractivity contribution is 0.0923. The van der Waals surface area contributed by atoms with Gasteiger partial charge in [0, 0.05) is 49.8 Å². The quantitative estimate of drug-likeness (QED) is 0.886. The molecule has 2 aliphatic heterocycles. The Morgan fingerprint density at radius 1 is 1.46 bits per heavy atom. The van der Waals surface area contributed by atoms with Crippen LogP contribution in [-0.4, -0.2) is 46.8 Å². The Kier molecular flexibility index (Phi) is 4.83. The van der Waals surface area contributed by atoms with E-state index in [-0.39, 0.29) is 11.9 Å². The summed E-state index contributed by atoms with van der Waals surface area (Å²) in [5.74, 6) is 1.26. The molecule has 26 heavy (non-hydrogen) atoms. The number of aromatic nitrogens is 3. The summed E-state index contributed by atoms with van der Waals surface area (Å²) in [6, 6.07) is 1.74. The average molecular weight is 357 g/mol. The molecule has 0 aromatic carbocycles. The summed E-state index contributed by atoms with van der Waals surface area (Å²) in [5.41, 5.74) is 2.48. The second-order valence-electron chi connectivity index (χ2n) is 6.74. The summed E-state index contributed by atoms with van der Waals surface area (Å²) in [4.78, 5) is 23.7. The third-order valence-electron chi connectivity index (χ3n) is 4.86. The van der Waals surface area contributed by atoms with Gasteiger partial charge in [0.1, 0.15) is 5.76 Å². The van der Waals surface area contributed by atoms with E-state index in [1.165, 1.54) is 0 Å². The minimum absolute atomic E-state index is 0.0426. The maximum Gasteiger partial charge on any atom is 0.273 e. The third kappa shape index (κ3) is 3.55. The van der Waals surface area contributed by atoms with Crippen LogP contribution in [0.4, 0.5) is 5.95 Å². The zero-order valence-electron chi connectivity index (χ0n) is 14.9. The number of hydrogen-bond acceptors (Lipinski definition) is 7. The molecule has 1 atom stereocenters. The van der Waals surface area contributed by atoms with Crippen LogP contribution in [0.3, 0.4) is 0 Å². The van der Waals surface area contributed by atoms with Gasteiger partial charge in [-0.2, -0.15) is 0 Å². The molecule has 0 unspecified atom stereocenters. The Morgan fingerprint density at radius 3 is 3.23 bits per heavy atom. The molecule has 0 aliphatic carbocycles. The van der Waals surface area contributed by atoms with Crippen molar-refractivity contribution in [3.05, 3.63) is 35.0 Å². The number of fused-ring (bicyclic) bond motifs is 1. The molecule has 1 amide bonds. The average Bonchev–Trinajstić information content (AvgIpc) is 3.17. The van der Waals surface area contributed by atoms with Crippen molar-refractivity contribution in [2.24, 2.45) is 0 Å². The number of carbonyl (C=O) groups excluding carboxylic acids is 1. The zero-order valence-corrected chi connectivity index (χ0v) is 14.9. The number of carbonyl (C=O) groups is 1. The highest BCUT2D eigenvalue weighted by Gasteiger charge is 2.25. The number of anilines is 1. The Morgan fingerprint density at radius 2 is 2.38 bits per heavy atom. The number of piperidine rings is 1. The van der Waals surface area contributed by atoms with Gasteiger partial charge in [0.2, 0.25) is 5.95 Å². The first kappa shape index (κ1) is 17.0. The normalized spacial score (nSPS) is 19.9. The summed E-state index contributed by atoms with van der Waals surface area (Å²) in [6.07, 6.45) is 5.32. The molecule has 0 saturated carbocycles. The minimum Gasteiger partial charge on any atom is -0.376 e. The first-order chi connectivity index (χ1) is 12.7. The highest BCUT2D eigenvalue weighted by molar-refractivity contribution is 5.92. The lowest BCUT2D eigenvalue weighted by Gasteiger charge is -2.33. The molecule has 1 N–H and O–H groups in total. The Balaban J connectivity index is 1.41. The van der Waals surface area contributed by atoms with E-state index >= 15 is 0 Å². The van der Waals surface area contributed by atoms with Gasteiger partial charge in [0.05, 0.1) is 18.9 Å². The van der Waals surface area contributed by atoms with E-state index in [1.807, 2.05) is 13.1 Å². The van der Waals surface area contributed by atoms with Crippen molar-refractivity contribution in [1.29, 1.82) is 0 Å². The molecule has 1 fully saturated rings. The molecule has 8 nitrogen and oxygen atoms in total. The van der Waals surface area contributed by atoms with Crippen molar-refractivity contribution in [1.82, 2.24) is 20.4 Å². The number of hydrogen-bond donors (Lipinski definition) is 1. The van der Waals surface area contributed by atoms with Gasteiger partial charge in [0.25, 0.3) is 5.91 Å². The Hall–Kier alpha value is -2.48. The summed E-state index contributed by atoms with van der Waals surface area (Å²) in [7, 11) is 0. The number of aryl methyl sites for hydroxylation is 1. The van der Waals surface area contributed by atoms with E-state index in [4.69, 9.17) is 14.2 Å². The van der Waals surface area contributed by atoms with E-state index < -0.39 is 0 Å². The van der Waals surface area contributed by atoms with Crippen LogP contribution in [0, 0.1) is 0 Å². The fourth-order valence-electron chi connectivity index (χ4n) is 3.39. The van der Waals surface area contributed by atoms with Crippen LogP contribution in [0.5, 0.6) is 0 Å². The zero-order chi connectivity index (χ0) is 17.9. The van der Waals surface area contributed by atoms with Crippen molar-refractivity contribution in [3.8, 4) is 0 Å².